The zero-order valence-corrected chi connectivity index (χ0v) is 18.3. The molecule has 6 nitrogen and oxygen atoms in total. The van der Waals surface area contributed by atoms with Gasteiger partial charge in [0.2, 0.25) is 5.95 Å². The fraction of sp³-hybridized carbons (Fsp3) is 0.261. The number of nitrogens with zero attached hydrogens (tertiary/aromatic N) is 4. The van der Waals surface area contributed by atoms with Crippen molar-refractivity contribution in [1.29, 1.82) is 0 Å². The third-order valence-electron chi connectivity index (χ3n) is 5.38. The van der Waals surface area contributed by atoms with Gasteiger partial charge in [0, 0.05) is 5.56 Å². The van der Waals surface area contributed by atoms with E-state index in [9.17, 15) is 31.4 Å². The number of methoxy groups -OCH3 is 1. The quantitative estimate of drug-likeness (QED) is 0.494. The molecule has 2 heterocycles. The van der Waals surface area contributed by atoms with Crippen LogP contribution >= 0.6 is 0 Å². The number of anilines is 1. The molecule has 0 bridgehead atoms. The van der Waals surface area contributed by atoms with Gasteiger partial charge in [0.15, 0.2) is 5.69 Å². The first-order valence-corrected chi connectivity index (χ1v) is 10.2. The second kappa shape index (κ2) is 8.52. The van der Waals surface area contributed by atoms with Gasteiger partial charge in [-0.05, 0) is 30.7 Å². The lowest BCUT2D eigenvalue weighted by Gasteiger charge is -2.32. The third kappa shape index (κ3) is 4.65. The van der Waals surface area contributed by atoms with E-state index in [2.05, 4.69) is 15.1 Å². The lowest BCUT2D eigenvalue weighted by molar-refractivity contribution is -0.254. The lowest BCUT2D eigenvalue weighted by Crippen LogP contribution is -2.55. The van der Waals surface area contributed by atoms with Gasteiger partial charge in [-0.15, -0.1) is 0 Å². The molecule has 1 aliphatic rings. The highest BCUT2D eigenvalue weighted by Gasteiger charge is 2.63. The number of aryl methyl sites for hydroxylation is 1. The summed E-state index contributed by atoms with van der Waals surface area (Å²) < 4.78 is 88.1. The smallest absolute Gasteiger partial charge is 0.438 e. The van der Waals surface area contributed by atoms with E-state index >= 15 is 0 Å². The molecule has 12 heteroatoms. The van der Waals surface area contributed by atoms with E-state index in [-0.39, 0.29) is 27.5 Å². The minimum Gasteiger partial charge on any atom is -0.497 e. The Morgan fingerprint density at radius 1 is 0.943 bits per heavy atom. The Morgan fingerprint density at radius 3 is 2.23 bits per heavy atom. The summed E-state index contributed by atoms with van der Waals surface area (Å²) >= 11 is 0. The van der Waals surface area contributed by atoms with Crippen molar-refractivity contribution < 1.29 is 36.2 Å². The summed E-state index contributed by atoms with van der Waals surface area (Å²) in [5.41, 5.74) is -4.44. The van der Waals surface area contributed by atoms with Crippen molar-refractivity contribution in [3.05, 3.63) is 71.4 Å². The van der Waals surface area contributed by atoms with Crippen molar-refractivity contribution in [2.24, 2.45) is 5.10 Å². The molecule has 3 aromatic rings. The molecule has 0 unspecified atom stereocenters. The zero-order valence-electron chi connectivity index (χ0n) is 18.3. The second-order valence-electron chi connectivity index (χ2n) is 7.88. The summed E-state index contributed by atoms with van der Waals surface area (Å²) in [6, 6.07) is 12.7. The average molecular weight is 496 g/mol. The Morgan fingerprint density at radius 2 is 1.63 bits per heavy atom. The van der Waals surface area contributed by atoms with E-state index in [1.165, 1.54) is 43.5 Å². The van der Waals surface area contributed by atoms with Crippen LogP contribution in [0.1, 0.15) is 23.2 Å². The Kier molecular flexibility index (Phi) is 5.95. The number of aliphatic hydroxyl groups is 1. The molecule has 0 saturated heterocycles. The van der Waals surface area contributed by atoms with Crippen LogP contribution in [0, 0.1) is 6.92 Å². The summed E-state index contributed by atoms with van der Waals surface area (Å²) in [7, 11) is 1.35. The first-order chi connectivity index (χ1) is 16.3. The summed E-state index contributed by atoms with van der Waals surface area (Å²) in [6.45, 7) is 1.77. The van der Waals surface area contributed by atoms with Gasteiger partial charge >= 0.3 is 12.4 Å². The molecule has 1 atom stereocenters. The number of halogens is 6. The molecular formula is C23H18F6N4O2. The number of hydrogen-bond donors (Lipinski definition) is 1. The summed E-state index contributed by atoms with van der Waals surface area (Å²) in [5.74, 6) is -0.761. The SMILES string of the molecule is COc1cccc(-c2cc(C(F)(F)F)nc(N3N=C(c4ccc(C)cc4)C[C@@]3(O)C(F)(F)F)n2)c1. The van der Waals surface area contributed by atoms with Gasteiger partial charge in [-0.2, -0.15) is 36.5 Å². The van der Waals surface area contributed by atoms with Gasteiger partial charge in [0.1, 0.15) is 5.75 Å². The Labute approximate surface area is 195 Å². The van der Waals surface area contributed by atoms with Crippen LogP contribution in [0.5, 0.6) is 5.75 Å². The van der Waals surface area contributed by atoms with Gasteiger partial charge in [-0.3, -0.25) is 0 Å². The van der Waals surface area contributed by atoms with Crippen molar-refractivity contribution in [2.75, 3.05) is 12.1 Å². The van der Waals surface area contributed by atoms with Crippen LogP contribution < -0.4 is 9.75 Å². The number of ether oxygens (including phenoxy) is 1. The molecule has 0 spiro atoms. The third-order valence-corrected chi connectivity index (χ3v) is 5.38. The number of rotatable bonds is 4. The van der Waals surface area contributed by atoms with Gasteiger partial charge in [-0.25, -0.2) is 9.97 Å². The fourth-order valence-corrected chi connectivity index (χ4v) is 3.49. The van der Waals surface area contributed by atoms with Crippen LogP contribution in [0.4, 0.5) is 32.3 Å². The highest BCUT2D eigenvalue weighted by atomic mass is 19.4. The van der Waals surface area contributed by atoms with E-state index in [0.717, 1.165) is 5.56 Å². The van der Waals surface area contributed by atoms with Crippen LogP contribution in [-0.2, 0) is 6.18 Å². The number of alkyl halides is 6. The van der Waals surface area contributed by atoms with Crippen molar-refractivity contribution in [3.8, 4) is 17.0 Å². The maximum Gasteiger partial charge on any atom is 0.438 e. The maximum absolute atomic E-state index is 14.0. The Hall–Kier alpha value is -3.67. The molecule has 0 saturated carbocycles. The van der Waals surface area contributed by atoms with E-state index in [1.807, 2.05) is 0 Å². The lowest BCUT2D eigenvalue weighted by atomic mass is 10.0. The van der Waals surface area contributed by atoms with Gasteiger partial charge < -0.3 is 9.84 Å². The van der Waals surface area contributed by atoms with Crippen LogP contribution in [0.3, 0.4) is 0 Å². The van der Waals surface area contributed by atoms with Crippen molar-refractivity contribution in [1.82, 2.24) is 9.97 Å². The molecule has 1 aliphatic heterocycles. The van der Waals surface area contributed by atoms with Crippen LogP contribution in [0.15, 0.2) is 59.7 Å². The standard InChI is InChI=1S/C23H18F6N4O2/c1-13-6-8-14(9-7-13)18-12-21(34,23(27,28)29)33(32-18)20-30-17(11-19(31-20)22(24,25)26)15-4-3-5-16(10-15)35-2/h3-11,34H,12H2,1-2H3/t21-/m1/s1. The second-order valence-corrected chi connectivity index (χ2v) is 7.88. The first kappa shape index (κ1) is 24.5. The molecule has 0 radical (unpaired) electrons. The van der Waals surface area contributed by atoms with Gasteiger partial charge in [0.05, 0.1) is 24.9 Å². The van der Waals surface area contributed by atoms with E-state index in [1.54, 1.807) is 19.1 Å². The highest BCUT2D eigenvalue weighted by molar-refractivity contribution is 6.03. The predicted molar refractivity (Wildman–Crippen MR) is 115 cm³/mol. The molecule has 184 valence electrons. The minimum absolute atomic E-state index is 0.00109. The number of aromatic nitrogens is 2. The predicted octanol–water partition coefficient (Wildman–Crippen LogP) is 5.34. The maximum atomic E-state index is 14.0. The van der Waals surface area contributed by atoms with Crippen molar-refractivity contribution >= 4 is 11.7 Å². The molecule has 35 heavy (non-hydrogen) atoms. The van der Waals surface area contributed by atoms with E-state index in [4.69, 9.17) is 4.74 Å². The molecular weight excluding hydrogens is 478 g/mol. The zero-order chi connectivity index (χ0) is 25.6. The Bertz CT molecular complexity index is 1270. The Balaban J connectivity index is 1.91. The molecule has 2 aromatic carbocycles. The minimum atomic E-state index is -5.29. The molecule has 1 N–H and O–H groups in total. The molecule has 1 aromatic heterocycles. The van der Waals surface area contributed by atoms with E-state index < -0.39 is 36.1 Å². The number of hydrogen-bond acceptors (Lipinski definition) is 6. The van der Waals surface area contributed by atoms with Crippen LogP contribution in [-0.4, -0.2) is 39.8 Å². The van der Waals surface area contributed by atoms with E-state index in [0.29, 0.717) is 11.8 Å². The molecule has 4 rings (SSSR count). The van der Waals surface area contributed by atoms with Crippen molar-refractivity contribution in [3.63, 3.8) is 0 Å². The van der Waals surface area contributed by atoms with Crippen LogP contribution in [0.2, 0.25) is 0 Å². The van der Waals surface area contributed by atoms with Gasteiger partial charge in [0.25, 0.3) is 5.72 Å². The monoisotopic (exact) mass is 496 g/mol. The summed E-state index contributed by atoms with van der Waals surface area (Å²) in [4.78, 5) is 7.22. The van der Waals surface area contributed by atoms with Gasteiger partial charge in [-0.1, -0.05) is 42.0 Å². The van der Waals surface area contributed by atoms with Crippen molar-refractivity contribution in [2.45, 2.75) is 31.4 Å². The largest absolute Gasteiger partial charge is 0.497 e. The topological polar surface area (TPSA) is 70.8 Å². The number of hydrazone groups is 1. The highest BCUT2D eigenvalue weighted by Crippen LogP contribution is 2.44. The average Bonchev–Trinajstić information content (AvgIpc) is 3.17. The normalized spacial score (nSPS) is 18.5. The fourth-order valence-electron chi connectivity index (χ4n) is 3.49. The number of benzene rings is 2. The first-order valence-electron chi connectivity index (χ1n) is 10.2. The molecule has 0 amide bonds. The summed E-state index contributed by atoms with van der Waals surface area (Å²) in [6.07, 6.45) is -11.3. The molecule has 0 aliphatic carbocycles. The summed E-state index contributed by atoms with van der Waals surface area (Å²) in [5, 5.41) is 14.5. The van der Waals surface area contributed by atoms with Crippen LogP contribution in [0.25, 0.3) is 11.3 Å². The molecule has 0 fully saturated rings.